The molecule has 0 heterocycles. The number of ether oxygens (including phenoxy) is 1. The van der Waals surface area contributed by atoms with Gasteiger partial charge in [0.25, 0.3) is 0 Å². The lowest BCUT2D eigenvalue weighted by molar-refractivity contribution is -0.130. The molecular weight excluding hydrogens is 258 g/mol. The van der Waals surface area contributed by atoms with Crippen LogP contribution < -0.4 is 16.2 Å². The van der Waals surface area contributed by atoms with Crippen LogP contribution in [-0.2, 0) is 4.79 Å². The van der Waals surface area contributed by atoms with Gasteiger partial charge in [0, 0.05) is 19.2 Å². The van der Waals surface area contributed by atoms with E-state index in [2.05, 4.69) is 0 Å². The van der Waals surface area contributed by atoms with Crippen LogP contribution in [-0.4, -0.2) is 43.5 Å². The van der Waals surface area contributed by atoms with Crippen molar-refractivity contribution < 1.29 is 14.3 Å². The van der Waals surface area contributed by atoms with E-state index in [-0.39, 0.29) is 5.91 Å². The fourth-order valence-corrected chi connectivity index (χ4v) is 1.62. The first-order chi connectivity index (χ1) is 9.54. The molecule has 0 aliphatic heterocycles. The van der Waals surface area contributed by atoms with Crippen LogP contribution in [0.3, 0.4) is 0 Å². The zero-order chi connectivity index (χ0) is 15.0. The third-order valence-corrected chi connectivity index (χ3v) is 2.85. The van der Waals surface area contributed by atoms with E-state index in [1.54, 1.807) is 36.2 Å². The smallest absolute Gasteiger partial charge is 0.248 e. The number of nitrogens with two attached hydrogens (primary N) is 2. The van der Waals surface area contributed by atoms with Crippen LogP contribution >= 0.6 is 0 Å². The maximum Gasteiger partial charge on any atom is 0.248 e. The predicted molar refractivity (Wildman–Crippen MR) is 76.4 cm³/mol. The molecule has 6 heteroatoms. The van der Waals surface area contributed by atoms with Crippen LogP contribution in [0.2, 0.25) is 0 Å². The zero-order valence-electron chi connectivity index (χ0n) is 11.7. The van der Waals surface area contributed by atoms with Crippen LogP contribution in [0.4, 0.5) is 0 Å². The van der Waals surface area contributed by atoms with Gasteiger partial charge in [0.1, 0.15) is 5.75 Å². The third kappa shape index (κ3) is 5.27. The molecule has 0 saturated carbocycles. The molecule has 20 heavy (non-hydrogen) atoms. The highest BCUT2D eigenvalue weighted by molar-refractivity contribution is 5.92. The topological polar surface area (TPSA) is 98.7 Å². The second kappa shape index (κ2) is 8.16. The number of rotatable bonds is 8. The minimum atomic E-state index is -0.478. The van der Waals surface area contributed by atoms with E-state index < -0.39 is 5.91 Å². The fraction of sp³-hybridized carbons (Fsp3) is 0.429. The van der Waals surface area contributed by atoms with Crippen LogP contribution in [0.5, 0.6) is 5.75 Å². The molecule has 0 fully saturated rings. The summed E-state index contributed by atoms with van der Waals surface area (Å²) in [5.41, 5.74) is 11.0. The Morgan fingerprint density at radius 2 is 1.90 bits per heavy atom. The minimum Gasteiger partial charge on any atom is -0.493 e. The van der Waals surface area contributed by atoms with Gasteiger partial charge in [0.05, 0.1) is 13.0 Å². The second-order valence-electron chi connectivity index (χ2n) is 4.44. The fourth-order valence-electron chi connectivity index (χ4n) is 1.62. The molecule has 0 saturated heterocycles. The molecule has 6 nitrogen and oxygen atoms in total. The minimum absolute atomic E-state index is 0.0206. The maximum atomic E-state index is 11.7. The Kier molecular flexibility index (Phi) is 6.52. The monoisotopic (exact) mass is 279 g/mol. The van der Waals surface area contributed by atoms with Crippen molar-refractivity contribution >= 4 is 11.8 Å². The lowest BCUT2D eigenvalue weighted by atomic mass is 10.2. The number of amides is 2. The van der Waals surface area contributed by atoms with Crippen LogP contribution in [0, 0.1) is 0 Å². The van der Waals surface area contributed by atoms with Gasteiger partial charge in [-0.1, -0.05) is 0 Å². The van der Waals surface area contributed by atoms with Gasteiger partial charge in [-0.3, -0.25) is 9.59 Å². The molecule has 0 radical (unpaired) electrons. The van der Waals surface area contributed by atoms with Gasteiger partial charge in [-0.2, -0.15) is 0 Å². The molecule has 1 rings (SSSR count). The van der Waals surface area contributed by atoms with E-state index in [4.69, 9.17) is 16.2 Å². The van der Waals surface area contributed by atoms with Crippen molar-refractivity contribution in [3.8, 4) is 5.75 Å². The molecular formula is C14H21N3O3. The number of hydrogen-bond acceptors (Lipinski definition) is 4. The van der Waals surface area contributed by atoms with E-state index in [0.29, 0.717) is 37.4 Å². The number of nitrogens with zero attached hydrogens (tertiary/aromatic N) is 1. The van der Waals surface area contributed by atoms with Crippen LogP contribution in [0.25, 0.3) is 0 Å². The highest BCUT2D eigenvalue weighted by atomic mass is 16.5. The SMILES string of the molecule is CN(CCCN)C(=O)CCOc1ccc(C(N)=O)cc1. The van der Waals surface area contributed by atoms with Gasteiger partial charge in [0.2, 0.25) is 11.8 Å². The first kappa shape index (κ1) is 16.0. The van der Waals surface area contributed by atoms with E-state index in [9.17, 15) is 9.59 Å². The molecule has 1 aromatic carbocycles. The van der Waals surface area contributed by atoms with Crippen molar-refractivity contribution in [3.05, 3.63) is 29.8 Å². The van der Waals surface area contributed by atoms with Crippen LogP contribution in [0.1, 0.15) is 23.2 Å². The van der Waals surface area contributed by atoms with Gasteiger partial charge in [-0.05, 0) is 37.2 Å². The Hall–Kier alpha value is -2.08. The molecule has 0 unspecified atom stereocenters. The summed E-state index contributed by atoms with van der Waals surface area (Å²) >= 11 is 0. The summed E-state index contributed by atoms with van der Waals surface area (Å²) in [6.45, 7) is 1.52. The molecule has 0 aliphatic carbocycles. The Labute approximate surface area is 118 Å². The number of carbonyl (C=O) groups excluding carboxylic acids is 2. The molecule has 4 N–H and O–H groups in total. The lowest BCUT2D eigenvalue weighted by Crippen LogP contribution is -2.30. The first-order valence-electron chi connectivity index (χ1n) is 6.51. The molecule has 0 spiro atoms. The van der Waals surface area contributed by atoms with E-state index in [0.717, 1.165) is 6.42 Å². The third-order valence-electron chi connectivity index (χ3n) is 2.85. The quantitative estimate of drug-likeness (QED) is 0.717. The highest BCUT2D eigenvalue weighted by Crippen LogP contribution is 2.12. The van der Waals surface area contributed by atoms with Gasteiger partial charge in [0.15, 0.2) is 0 Å². The maximum absolute atomic E-state index is 11.7. The summed E-state index contributed by atoms with van der Waals surface area (Å²) in [5.74, 6) is 0.146. The summed E-state index contributed by atoms with van der Waals surface area (Å²) in [7, 11) is 1.75. The summed E-state index contributed by atoms with van der Waals surface area (Å²) in [6.07, 6.45) is 1.09. The number of benzene rings is 1. The van der Waals surface area contributed by atoms with Gasteiger partial charge in [-0.15, -0.1) is 0 Å². The largest absolute Gasteiger partial charge is 0.493 e. The summed E-state index contributed by atoms with van der Waals surface area (Å²) < 4.78 is 5.44. The molecule has 0 atom stereocenters. The molecule has 0 aromatic heterocycles. The van der Waals surface area contributed by atoms with Crippen molar-refractivity contribution in [3.63, 3.8) is 0 Å². The zero-order valence-corrected chi connectivity index (χ0v) is 11.7. The van der Waals surface area contributed by atoms with Crippen molar-refractivity contribution in [2.45, 2.75) is 12.8 Å². The Bertz CT molecular complexity index is 445. The molecule has 1 aromatic rings. The second-order valence-corrected chi connectivity index (χ2v) is 4.44. The highest BCUT2D eigenvalue weighted by Gasteiger charge is 2.08. The standard InChI is InChI=1S/C14H21N3O3/c1-17(9-2-8-15)13(18)7-10-20-12-5-3-11(4-6-12)14(16)19/h3-6H,2,7-10,15H2,1H3,(H2,16,19). The van der Waals surface area contributed by atoms with Crippen LogP contribution in [0.15, 0.2) is 24.3 Å². The number of primary amides is 1. The Morgan fingerprint density at radius 3 is 2.45 bits per heavy atom. The average molecular weight is 279 g/mol. The lowest BCUT2D eigenvalue weighted by Gasteiger charge is -2.16. The molecule has 2 amide bonds. The molecule has 110 valence electrons. The Morgan fingerprint density at radius 1 is 1.25 bits per heavy atom. The van der Waals surface area contributed by atoms with E-state index in [1.165, 1.54) is 0 Å². The van der Waals surface area contributed by atoms with Crippen molar-refractivity contribution in [1.29, 1.82) is 0 Å². The Balaban J connectivity index is 2.33. The van der Waals surface area contributed by atoms with Crippen molar-refractivity contribution in [2.24, 2.45) is 11.5 Å². The summed E-state index contributed by atoms with van der Waals surface area (Å²) in [4.78, 5) is 24.3. The van der Waals surface area contributed by atoms with E-state index in [1.807, 2.05) is 0 Å². The summed E-state index contributed by atoms with van der Waals surface area (Å²) in [5, 5.41) is 0. The average Bonchev–Trinajstić information content (AvgIpc) is 2.45. The molecule has 0 aliphatic rings. The van der Waals surface area contributed by atoms with Gasteiger partial charge < -0.3 is 21.1 Å². The first-order valence-corrected chi connectivity index (χ1v) is 6.51. The van der Waals surface area contributed by atoms with Crippen molar-refractivity contribution in [2.75, 3.05) is 26.7 Å². The molecule has 0 bridgehead atoms. The number of hydrogen-bond donors (Lipinski definition) is 2. The van der Waals surface area contributed by atoms with Gasteiger partial charge in [-0.25, -0.2) is 0 Å². The van der Waals surface area contributed by atoms with Crippen molar-refractivity contribution in [1.82, 2.24) is 4.90 Å². The summed E-state index contributed by atoms with van der Waals surface area (Å²) in [6, 6.07) is 6.49. The predicted octanol–water partition coefficient (Wildman–Crippen LogP) is 0.362. The number of carbonyl (C=O) groups is 2. The van der Waals surface area contributed by atoms with E-state index >= 15 is 0 Å². The van der Waals surface area contributed by atoms with Gasteiger partial charge >= 0.3 is 0 Å². The normalized spacial score (nSPS) is 10.1.